The van der Waals surface area contributed by atoms with Gasteiger partial charge in [0.25, 0.3) is 11.7 Å². The van der Waals surface area contributed by atoms with Crippen molar-refractivity contribution in [2.75, 3.05) is 5.32 Å². The van der Waals surface area contributed by atoms with Crippen LogP contribution in [0.25, 0.3) is 16.8 Å². The smallest absolute Gasteiger partial charge is 0.258 e. The highest BCUT2D eigenvalue weighted by atomic mass is 32.2. The van der Waals surface area contributed by atoms with Gasteiger partial charge in [-0.2, -0.15) is 4.98 Å². The van der Waals surface area contributed by atoms with Gasteiger partial charge in [-0.15, -0.1) is 5.10 Å². The van der Waals surface area contributed by atoms with Crippen LogP contribution in [-0.4, -0.2) is 35.5 Å². The monoisotopic (exact) mass is 429 g/mol. The van der Waals surface area contributed by atoms with Crippen molar-refractivity contribution in [3.05, 3.63) is 77.1 Å². The molecule has 0 fully saturated rings. The largest absolute Gasteiger partial charge is 0.324 e. The maximum atomic E-state index is 12.9. The molecule has 5 aromatic rings. The van der Waals surface area contributed by atoms with Gasteiger partial charge in [-0.05, 0) is 43.7 Å². The minimum atomic E-state index is -0.216. The summed E-state index contributed by atoms with van der Waals surface area (Å²) in [6, 6.07) is 17.1. The molecular weight excluding hydrogens is 410 g/mol. The number of nitrogens with one attached hydrogen (secondary N) is 2. The molecule has 2 N–H and O–H groups in total. The van der Waals surface area contributed by atoms with Gasteiger partial charge < -0.3 is 4.98 Å². The van der Waals surface area contributed by atoms with Crippen LogP contribution in [-0.2, 0) is 5.75 Å². The van der Waals surface area contributed by atoms with Gasteiger partial charge in [0.05, 0.1) is 11.0 Å². The average Bonchev–Trinajstić information content (AvgIpc) is 3.35. The van der Waals surface area contributed by atoms with E-state index in [2.05, 4.69) is 30.4 Å². The SMILES string of the molecule is Cc1cc(C)n2nc(SCc3ccccc3C(=O)Nc3nc4ccccc4[nH]3)nc2n1. The quantitative estimate of drug-likeness (QED) is 0.407. The molecule has 5 rings (SSSR count). The van der Waals surface area contributed by atoms with E-state index in [0.717, 1.165) is 28.0 Å². The lowest BCUT2D eigenvalue weighted by Gasteiger charge is -2.07. The number of aromatic nitrogens is 6. The summed E-state index contributed by atoms with van der Waals surface area (Å²) in [5.74, 6) is 1.34. The number of anilines is 1. The lowest BCUT2D eigenvalue weighted by atomic mass is 10.1. The van der Waals surface area contributed by atoms with E-state index in [1.165, 1.54) is 11.8 Å². The molecule has 1 amide bonds. The minimum absolute atomic E-state index is 0.216. The molecule has 3 aromatic heterocycles. The van der Waals surface area contributed by atoms with Crippen molar-refractivity contribution in [3.8, 4) is 0 Å². The number of hydrogen-bond acceptors (Lipinski definition) is 6. The Morgan fingerprint density at radius 3 is 2.74 bits per heavy atom. The van der Waals surface area contributed by atoms with E-state index in [4.69, 9.17) is 0 Å². The van der Waals surface area contributed by atoms with Crippen LogP contribution < -0.4 is 5.32 Å². The molecular formula is C22H19N7OS. The number of carbonyl (C=O) groups excluding carboxylic acids is 1. The number of thioether (sulfide) groups is 1. The van der Waals surface area contributed by atoms with Gasteiger partial charge >= 0.3 is 0 Å². The Bertz CT molecular complexity index is 1390. The van der Waals surface area contributed by atoms with Gasteiger partial charge in [0, 0.05) is 22.7 Å². The van der Waals surface area contributed by atoms with Crippen LogP contribution in [0.2, 0.25) is 0 Å². The van der Waals surface area contributed by atoms with Gasteiger partial charge in [0.15, 0.2) is 0 Å². The number of amides is 1. The van der Waals surface area contributed by atoms with Gasteiger partial charge in [0.1, 0.15) is 0 Å². The Morgan fingerprint density at radius 1 is 1.06 bits per heavy atom. The summed E-state index contributed by atoms with van der Waals surface area (Å²) < 4.78 is 1.73. The Morgan fingerprint density at radius 2 is 1.87 bits per heavy atom. The molecule has 0 saturated carbocycles. The van der Waals surface area contributed by atoms with Crippen LogP contribution in [0.3, 0.4) is 0 Å². The van der Waals surface area contributed by atoms with Crippen LogP contribution in [0.5, 0.6) is 0 Å². The third-order valence-electron chi connectivity index (χ3n) is 4.84. The number of aryl methyl sites for hydroxylation is 2. The average molecular weight is 430 g/mol. The third-order valence-corrected chi connectivity index (χ3v) is 5.73. The highest BCUT2D eigenvalue weighted by Crippen LogP contribution is 2.23. The van der Waals surface area contributed by atoms with Gasteiger partial charge in [-0.1, -0.05) is 42.1 Å². The van der Waals surface area contributed by atoms with Crippen molar-refractivity contribution in [2.24, 2.45) is 0 Å². The van der Waals surface area contributed by atoms with E-state index in [1.807, 2.05) is 62.4 Å². The normalized spacial score (nSPS) is 11.3. The second-order valence-electron chi connectivity index (χ2n) is 7.15. The van der Waals surface area contributed by atoms with Gasteiger partial charge in [-0.25, -0.2) is 14.5 Å². The second-order valence-corrected chi connectivity index (χ2v) is 8.09. The lowest BCUT2D eigenvalue weighted by molar-refractivity contribution is 0.102. The highest BCUT2D eigenvalue weighted by molar-refractivity contribution is 7.98. The fraction of sp³-hybridized carbons (Fsp3) is 0.136. The topological polar surface area (TPSA) is 101 Å². The minimum Gasteiger partial charge on any atom is -0.324 e. The van der Waals surface area contributed by atoms with E-state index in [9.17, 15) is 4.79 Å². The number of nitrogens with zero attached hydrogens (tertiary/aromatic N) is 5. The molecule has 0 radical (unpaired) electrons. The molecule has 3 heterocycles. The Kier molecular flexibility index (Phi) is 4.87. The molecule has 0 spiro atoms. The first kappa shape index (κ1) is 19.3. The maximum absolute atomic E-state index is 12.9. The van der Waals surface area contributed by atoms with Crippen molar-refractivity contribution in [3.63, 3.8) is 0 Å². The van der Waals surface area contributed by atoms with Crippen LogP contribution in [0.1, 0.15) is 27.3 Å². The van der Waals surface area contributed by atoms with Gasteiger partial charge in [0.2, 0.25) is 11.1 Å². The summed E-state index contributed by atoms with van der Waals surface area (Å²) in [6.07, 6.45) is 0. The number of rotatable bonds is 5. The van der Waals surface area contributed by atoms with E-state index < -0.39 is 0 Å². The number of aromatic amines is 1. The molecule has 154 valence electrons. The van der Waals surface area contributed by atoms with Crippen molar-refractivity contribution >= 4 is 40.4 Å². The number of carbonyl (C=O) groups is 1. The molecule has 8 nitrogen and oxygen atoms in total. The first-order chi connectivity index (χ1) is 15.1. The number of para-hydroxylation sites is 2. The van der Waals surface area contributed by atoms with Crippen LogP contribution in [0.4, 0.5) is 5.95 Å². The van der Waals surface area contributed by atoms with Crippen molar-refractivity contribution in [1.82, 2.24) is 29.5 Å². The van der Waals surface area contributed by atoms with Crippen molar-refractivity contribution < 1.29 is 4.79 Å². The number of hydrogen-bond donors (Lipinski definition) is 2. The Hall–Kier alpha value is -3.72. The summed E-state index contributed by atoms with van der Waals surface area (Å²) in [6.45, 7) is 3.91. The van der Waals surface area contributed by atoms with Crippen LogP contribution >= 0.6 is 11.8 Å². The molecule has 0 atom stereocenters. The van der Waals surface area contributed by atoms with E-state index in [1.54, 1.807) is 10.6 Å². The fourth-order valence-corrected chi connectivity index (χ4v) is 4.23. The number of benzene rings is 2. The number of H-pyrrole nitrogens is 1. The first-order valence-electron chi connectivity index (χ1n) is 9.74. The molecule has 9 heteroatoms. The molecule has 0 aliphatic carbocycles. The summed E-state index contributed by atoms with van der Waals surface area (Å²) in [7, 11) is 0. The Labute approximate surface area is 182 Å². The fourth-order valence-electron chi connectivity index (χ4n) is 3.41. The van der Waals surface area contributed by atoms with Gasteiger partial charge in [-0.3, -0.25) is 10.1 Å². The predicted octanol–water partition coefficient (Wildman–Crippen LogP) is 4.16. The predicted molar refractivity (Wildman–Crippen MR) is 120 cm³/mol. The highest BCUT2D eigenvalue weighted by Gasteiger charge is 2.15. The Balaban J connectivity index is 1.35. The zero-order chi connectivity index (χ0) is 21.4. The summed E-state index contributed by atoms with van der Waals surface area (Å²) >= 11 is 1.47. The third kappa shape index (κ3) is 3.87. The van der Waals surface area contributed by atoms with E-state index in [0.29, 0.717) is 28.2 Å². The first-order valence-corrected chi connectivity index (χ1v) is 10.7. The van der Waals surface area contributed by atoms with Crippen molar-refractivity contribution in [2.45, 2.75) is 24.8 Å². The van der Waals surface area contributed by atoms with Crippen LogP contribution in [0, 0.1) is 13.8 Å². The molecule has 31 heavy (non-hydrogen) atoms. The standard InChI is InChI=1S/C22H19N7OS/c1-13-11-14(2)29-21(23-13)27-22(28-29)31-12-15-7-3-4-8-16(15)19(30)26-20-24-17-9-5-6-10-18(17)25-20/h3-11H,12H2,1-2H3,(H2,24,25,26,30). The molecule has 0 bridgehead atoms. The summed E-state index contributed by atoms with van der Waals surface area (Å²) in [5, 5.41) is 8.01. The lowest BCUT2D eigenvalue weighted by Crippen LogP contribution is -2.15. The van der Waals surface area contributed by atoms with Crippen LogP contribution in [0.15, 0.2) is 59.8 Å². The zero-order valence-corrected chi connectivity index (χ0v) is 17.8. The summed E-state index contributed by atoms with van der Waals surface area (Å²) in [4.78, 5) is 29.4. The number of imidazole rings is 1. The zero-order valence-electron chi connectivity index (χ0n) is 17.0. The maximum Gasteiger partial charge on any atom is 0.258 e. The molecule has 0 saturated heterocycles. The summed E-state index contributed by atoms with van der Waals surface area (Å²) in [5.41, 5.74) is 5.04. The molecule has 2 aromatic carbocycles. The van der Waals surface area contributed by atoms with E-state index >= 15 is 0 Å². The van der Waals surface area contributed by atoms with Crippen molar-refractivity contribution in [1.29, 1.82) is 0 Å². The molecule has 0 aliphatic rings. The second kappa shape index (κ2) is 7.84. The molecule has 0 unspecified atom stereocenters. The molecule has 0 aliphatic heterocycles. The van der Waals surface area contributed by atoms with E-state index in [-0.39, 0.29) is 5.91 Å². The number of fused-ring (bicyclic) bond motifs is 2.